The molecular weight excluding hydrogens is 235 g/mol. The van der Waals surface area contributed by atoms with Crippen molar-refractivity contribution in [2.75, 3.05) is 7.11 Å². The lowest BCUT2D eigenvalue weighted by molar-refractivity contribution is 0.0696. The molecule has 0 aromatic heterocycles. The Kier molecular flexibility index (Phi) is 3.28. The first-order valence-electron chi connectivity index (χ1n) is 5.29. The normalized spacial score (nSPS) is 10.1. The average molecular weight is 246 g/mol. The van der Waals surface area contributed by atoms with Gasteiger partial charge in [-0.15, -0.1) is 0 Å². The lowest BCUT2D eigenvalue weighted by Gasteiger charge is -2.10. The zero-order chi connectivity index (χ0) is 13.1. The van der Waals surface area contributed by atoms with Crippen molar-refractivity contribution >= 4 is 5.97 Å². The smallest absolute Gasteiger partial charge is 0.335 e. The zero-order valence-corrected chi connectivity index (χ0v) is 9.68. The van der Waals surface area contributed by atoms with Crippen LogP contribution < -0.4 is 4.74 Å². The van der Waals surface area contributed by atoms with Gasteiger partial charge in [-0.05, 0) is 24.3 Å². The van der Waals surface area contributed by atoms with E-state index in [1.165, 1.54) is 25.3 Å². The zero-order valence-electron chi connectivity index (χ0n) is 9.68. The SMILES string of the molecule is COc1cc(C(=O)O)ccc1-c1ccccc1F. The summed E-state index contributed by atoms with van der Waals surface area (Å²) >= 11 is 0. The van der Waals surface area contributed by atoms with Crippen LogP contribution in [-0.2, 0) is 0 Å². The molecule has 0 aliphatic heterocycles. The fraction of sp³-hybridized carbons (Fsp3) is 0.0714. The third-order valence-electron chi connectivity index (χ3n) is 2.61. The van der Waals surface area contributed by atoms with Crippen LogP contribution in [0.4, 0.5) is 4.39 Å². The van der Waals surface area contributed by atoms with Crippen molar-refractivity contribution in [1.82, 2.24) is 0 Å². The van der Waals surface area contributed by atoms with E-state index in [9.17, 15) is 9.18 Å². The Hall–Kier alpha value is -2.36. The number of carboxylic acids is 1. The molecule has 0 unspecified atom stereocenters. The van der Waals surface area contributed by atoms with Gasteiger partial charge in [-0.1, -0.05) is 18.2 Å². The van der Waals surface area contributed by atoms with Gasteiger partial charge in [0, 0.05) is 11.1 Å². The molecule has 0 aliphatic rings. The summed E-state index contributed by atoms with van der Waals surface area (Å²) in [6, 6.07) is 10.6. The maximum absolute atomic E-state index is 13.7. The van der Waals surface area contributed by atoms with Gasteiger partial charge in [0.05, 0.1) is 12.7 Å². The highest BCUT2D eigenvalue weighted by Crippen LogP contribution is 2.32. The molecule has 0 fully saturated rings. The van der Waals surface area contributed by atoms with E-state index in [1.54, 1.807) is 24.3 Å². The summed E-state index contributed by atoms with van der Waals surface area (Å²) in [6.07, 6.45) is 0. The third-order valence-corrected chi connectivity index (χ3v) is 2.61. The van der Waals surface area contributed by atoms with E-state index >= 15 is 0 Å². The van der Waals surface area contributed by atoms with Crippen LogP contribution in [-0.4, -0.2) is 18.2 Å². The van der Waals surface area contributed by atoms with Crippen LogP contribution in [0.15, 0.2) is 42.5 Å². The average Bonchev–Trinajstić information content (AvgIpc) is 2.38. The Balaban J connectivity index is 2.58. The van der Waals surface area contributed by atoms with Crippen LogP contribution in [0.25, 0.3) is 11.1 Å². The van der Waals surface area contributed by atoms with Gasteiger partial charge in [0.25, 0.3) is 0 Å². The summed E-state index contributed by atoms with van der Waals surface area (Å²) < 4.78 is 18.8. The van der Waals surface area contributed by atoms with Gasteiger partial charge < -0.3 is 9.84 Å². The molecule has 0 aliphatic carbocycles. The van der Waals surface area contributed by atoms with Crippen LogP contribution in [0.1, 0.15) is 10.4 Å². The fourth-order valence-corrected chi connectivity index (χ4v) is 1.73. The highest BCUT2D eigenvalue weighted by atomic mass is 19.1. The predicted molar refractivity (Wildman–Crippen MR) is 65.3 cm³/mol. The minimum Gasteiger partial charge on any atom is -0.496 e. The van der Waals surface area contributed by atoms with Crippen LogP contribution in [0.2, 0.25) is 0 Å². The first-order valence-corrected chi connectivity index (χ1v) is 5.29. The summed E-state index contributed by atoms with van der Waals surface area (Å²) in [5.41, 5.74) is 1.01. The number of carboxylic acid groups (broad SMARTS) is 1. The summed E-state index contributed by atoms with van der Waals surface area (Å²) in [7, 11) is 1.42. The Bertz CT molecular complexity index is 593. The number of hydrogen-bond donors (Lipinski definition) is 1. The lowest BCUT2D eigenvalue weighted by atomic mass is 10.0. The van der Waals surface area contributed by atoms with E-state index in [4.69, 9.17) is 9.84 Å². The van der Waals surface area contributed by atoms with E-state index in [-0.39, 0.29) is 11.4 Å². The maximum atomic E-state index is 13.7. The molecule has 92 valence electrons. The van der Waals surface area contributed by atoms with Crippen molar-refractivity contribution in [3.05, 3.63) is 53.8 Å². The Morgan fingerprint density at radius 3 is 2.50 bits per heavy atom. The lowest BCUT2D eigenvalue weighted by Crippen LogP contribution is -1.98. The highest BCUT2D eigenvalue weighted by molar-refractivity contribution is 5.89. The van der Waals surface area contributed by atoms with Crippen LogP contribution >= 0.6 is 0 Å². The second-order valence-corrected chi connectivity index (χ2v) is 3.70. The monoisotopic (exact) mass is 246 g/mol. The summed E-state index contributed by atoms with van der Waals surface area (Å²) in [5.74, 6) is -1.09. The minimum absolute atomic E-state index is 0.104. The number of halogens is 1. The minimum atomic E-state index is -1.05. The highest BCUT2D eigenvalue weighted by Gasteiger charge is 2.12. The summed E-state index contributed by atoms with van der Waals surface area (Å²) in [6.45, 7) is 0. The molecule has 4 heteroatoms. The second-order valence-electron chi connectivity index (χ2n) is 3.70. The van der Waals surface area contributed by atoms with E-state index in [1.807, 2.05) is 0 Å². The largest absolute Gasteiger partial charge is 0.496 e. The molecule has 0 radical (unpaired) electrons. The topological polar surface area (TPSA) is 46.5 Å². The number of methoxy groups -OCH3 is 1. The molecule has 0 bridgehead atoms. The molecule has 0 heterocycles. The van der Waals surface area contributed by atoms with Crippen molar-refractivity contribution in [3.63, 3.8) is 0 Å². The fourth-order valence-electron chi connectivity index (χ4n) is 1.73. The molecule has 0 spiro atoms. The van der Waals surface area contributed by atoms with Crippen LogP contribution in [0, 0.1) is 5.82 Å². The molecule has 0 saturated carbocycles. The van der Waals surface area contributed by atoms with Gasteiger partial charge in [-0.3, -0.25) is 0 Å². The first-order chi connectivity index (χ1) is 8.63. The molecule has 2 rings (SSSR count). The molecule has 2 aromatic rings. The van der Waals surface area contributed by atoms with Gasteiger partial charge in [-0.25, -0.2) is 9.18 Å². The van der Waals surface area contributed by atoms with Crippen LogP contribution in [0.3, 0.4) is 0 Å². The van der Waals surface area contributed by atoms with Gasteiger partial charge in [-0.2, -0.15) is 0 Å². The van der Waals surface area contributed by atoms with E-state index in [0.717, 1.165) is 0 Å². The molecular formula is C14H11FO3. The molecule has 18 heavy (non-hydrogen) atoms. The number of hydrogen-bond acceptors (Lipinski definition) is 2. The number of rotatable bonds is 3. The predicted octanol–water partition coefficient (Wildman–Crippen LogP) is 3.20. The number of aromatic carboxylic acids is 1. The van der Waals surface area contributed by atoms with E-state index in [2.05, 4.69) is 0 Å². The standard InChI is InChI=1S/C14H11FO3/c1-18-13-8-9(14(16)17)6-7-11(13)10-4-2-3-5-12(10)15/h2-8H,1H3,(H,16,17). The van der Waals surface area contributed by atoms with Crippen LogP contribution in [0.5, 0.6) is 5.75 Å². The number of ether oxygens (including phenoxy) is 1. The summed E-state index contributed by atoms with van der Waals surface area (Å²) in [4.78, 5) is 10.9. The third kappa shape index (κ3) is 2.18. The van der Waals surface area contributed by atoms with Crippen molar-refractivity contribution in [2.45, 2.75) is 0 Å². The van der Waals surface area contributed by atoms with Gasteiger partial charge in [0.15, 0.2) is 0 Å². The Morgan fingerprint density at radius 1 is 1.17 bits per heavy atom. The second kappa shape index (κ2) is 4.87. The van der Waals surface area contributed by atoms with Crippen molar-refractivity contribution in [1.29, 1.82) is 0 Å². The quantitative estimate of drug-likeness (QED) is 0.904. The van der Waals surface area contributed by atoms with Crippen molar-refractivity contribution in [2.24, 2.45) is 0 Å². The summed E-state index contributed by atoms with van der Waals surface area (Å²) in [5, 5.41) is 8.89. The molecule has 0 atom stereocenters. The van der Waals surface area contributed by atoms with Gasteiger partial charge in [0.1, 0.15) is 11.6 Å². The molecule has 3 nitrogen and oxygen atoms in total. The number of benzene rings is 2. The van der Waals surface area contributed by atoms with Gasteiger partial charge in [0.2, 0.25) is 0 Å². The number of carbonyl (C=O) groups is 1. The van der Waals surface area contributed by atoms with Gasteiger partial charge >= 0.3 is 5.97 Å². The Labute approximate surface area is 103 Å². The molecule has 0 saturated heterocycles. The van der Waals surface area contributed by atoms with Crippen molar-refractivity contribution in [3.8, 4) is 16.9 Å². The maximum Gasteiger partial charge on any atom is 0.335 e. The van der Waals surface area contributed by atoms with Crippen molar-refractivity contribution < 1.29 is 19.0 Å². The van der Waals surface area contributed by atoms with E-state index < -0.39 is 5.97 Å². The van der Waals surface area contributed by atoms with E-state index in [0.29, 0.717) is 16.9 Å². The first kappa shape index (κ1) is 12.1. The molecule has 2 aromatic carbocycles. The Morgan fingerprint density at radius 2 is 1.89 bits per heavy atom. The molecule has 1 N–H and O–H groups in total. The molecule has 0 amide bonds.